The Morgan fingerprint density at radius 2 is 2.17 bits per heavy atom. The van der Waals surface area contributed by atoms with Gasteiger partial charge in [-0.2, -0.15) is 0 Å². The molecule has 1 N–H and O–H groups in total. The summed E-state index contributed by atoms with van der Waals surface area (Å²) >= 11 is 5.22. The summed E-state index contributed by atoms with van der Waals surface area (Å²) in [5.41, 5.74) is 3.08. The Morgan fingerprint density at radius 3 is 2.83 bits per heavy atom. The van der Waals surface area contributed by atoms with Crippen LogP contribution in [0.25, 0.3) is 11.5 Å². The van der Waals surface area contributed by atoms with Gasteiger partial charge >= 0.3 is 0 Å². The van der Waals surface area contributed by atoms with E-state index in [1.165, 1.54) is 0 Å². The maximum absolute atomic E-state index is 5.22. The summed E-state index contributed by atoms with van der Waals surface area (Å²) < 4.78 is 0.615. The van der Waals surface area contributed by atoms with Crippen LogP contribution < -0.4 is 0 Å². The Balaban J connectivity index is 2.49. The molecule has 0 fully saturated rings. The Labute approximate surface area is 112 Å². The molecule has 0 saturated carbocycles. The molecule has 3 nitrogen and oxygen atoms in total. The van der Waals surface area contributed by atoms with Crippen LogP contribution in [0.3, 0.4) is 0 Å². The fourth-order valence-corrected chi connectivity index (χ4v) is 2.14. The predicted molar refractivity (Wildman–Crippen MR) is 75.9 cm³/mol. The van der Waals surface area contributed by atoms with Crippen molar-refractivity contribution < 1.29 is 0 Å². The number of nitrogens with one attached hydrogen (secondary N) is 1. The number of pyridine rings is 1. The Kier molecular flexibility index (Phi) is 3.87. The summed E-state index contributed by atoms with van der Waals surface area (Å²) in [4.78, 5) is 12.1. The number of hydrogen-bond acceptors (Lipinski definition) is 3. The van der Waals surface area contributed by atoms with Crippen molar-refractivity contribution in [2.75, 3.05) is 0 Å². The largest absolute Gasteiger partial charge is 0.342 e. The average Bonchev–Trinajstić information content (AvgIpc) is 2.27. The fraction of sp³-hybridized carbons (Fsp3) is 0.357. The van der Waals surface area contributed by atoms with Gasteiger partial charge in [-0.05, 0) is 37.0 Å². The molecule has 0 amide bonds. The first kappa shape index (κ1) is 12.9. The van der Waals surface area contributed by atoms with E-state index in [0.29, 0.717) is 10.6 Å². The summed E-state index contributed by atoms with van der Waals surface area (Å²) in [6.45, 7) is 6.39. The van der Waals surface area contributed by atoms with E-state index in [1.807, 2.05) is 25.1 Å². The second kappa shape index (κ2) is 5.40. The van der Waals surface area contributed by atoms with Crippen molar-refractivity contribution >= 4 is 12.2 Å². The Hall–Kier alpha value is -1.55. The third-order valence-electron chi connectivity index (χ3n) is 2.66. The van der Waals surface area contributed by atoms with Crippen molar-refractivity contribution in [2.24, 2.45) is 5.92 Å². The van der Waals surface area contributed by atoms with Crippen molar-refractivity contribution in [3.8, 4) is 11.5 Å². The minimum atomic E-state index is 0.579. The topological polar surface area (TPSA) is 41.6 Å². The molecule has 0 unspecified atom stereocenters. The molecule has 0 spiro atoms. The lowest BCUT2D eigenvalue weighted by molar-refractivity contribution is 0.634. The van der Waals surface area contributed by atoms with Gasteiger partial charge in [-0.15, -0.1) is 0 Å². The molecule has 0 radical (unpaired) electrons. The minimum absolute atomic E-state index is 0.579. The second-order valence-electron chi connectivity index (χ2n) is 4.86. The van der Waals surface area contributed by atoms with Crippen LogP contribution in [0.1, 0.15) is 25.1 Å². The first-order valence-corrected chi connectivity index (χ1v) is 6.49. The number of aromatic nitrogens is 3. The standard InChI is InChI=1S/C14H17N3S/c1-9(2)7-11-8-12(18)17-14(16-11)13-10(3)5-4-6-15-13/h4-6,8-9H,7H2,1-3H3,(H,16,17,18). The van der Waals surface area contributed by atoms with Crippen molar-refractivity contribution in [2.45, 2.75) is 27.2 Å². The van der Waals surface area contributed by atoms with E-state index in [2.05, 4.69) is 28.8 Å². The molecular formula is C14H17N3S. The Morgan fingerprint density at radius 1 is 1.39 bits per heavy atom. The lowest BCUT2D eigenvalue weighted by Crippen LogP contribution is -2.02. The summed E-state index contributed by atoms with van der Waals surface area (Å²) in [7, 11) is 0. The molecule has 2 rings (SSSR count). The molecule has 18 heavy (non-hydrogen) atoms. The van der Waals surface area contributed by atoms with Crippen LogP contribution in [0, 0.1) is 17.5 Å². The van der Waals surface area contributed by atoms with E-state index in [-0.39, 0.29) is 0 Å². The van der Waals surface area contributed by atoms with Crippen LogP contribution >= 0.6 is 12.2 Å². The molecular weight excluding hydrogens is 242 g/mol. The molecule has 0 saturated heterocycles. The summed E-state index contributed by atoms with van der Waals surface area (Å²) in [6.07, 6.45) is 2.74. The summed E-state index contributed by atoms with van der Waals surface area (Å²) in [5.74, 6) is 1.34. The van der Waals surface area contributed by atoms with Gasteiger partial charge in [-0.3, -0.25) is 4.98 Å². The third kappa shape index (κ3) is 3.01. The van der Waals surface area contributed by atoms with Gasteiger partial charge in [0, 0.05) is 11.9 Å². The number of aryl methyl sites for hydroxylation is 1. The van der Waals surface area contributed by atoms with Gasteiger partial charge < -0.3 is 4.98 Å². The SMILES string of the molecule is Cc1cccnc1-c1nc(=S)cc(CC(C)C)[nH]1. The van der Waals surface area contributed by atoms with E-state index in [4.69, 9.17) is 12.2 Å². The van der Waals surface area contributed by atoms with Crippen molar-refractivity contribution in [3.05, 3.63) is 40.3 Å². The molecule has 4 heteroatoms. The number of H-pyrrole nitrogens is 1. The maximum atomic E-state index is 5.22. The molecule has 2 aromatic rings. The van der Waals surface area contributed by atoms with Crippen LogP contribution in [-0.2, 0) is 6.42 Å². The molecule has 0 aliphatic rings. The first-order chi connectivity index (χ1) is 8.56. The van der Waals surface area contributed by atoms with Gasteiger partial charge in [0.05, 0.1) is 0 Å². The van der Waals surface area contributed by atoms with E-state index in [1.54, 1.807) is 6.20 Å². The van der Waals surface area contributed by atoms with Crippen molar-refractivity contribution in [1.29, 1.82) is 0 Å². The summed E-state index contributed by atoms with van der Waals surface area (Å²) in [5, 5.41) is 0. The highest BCUT2D eigenvalue weighted by atomic mass is 32.1. The molecule has 0 aliphatic heterocycles. The van der Waals surface area contributed by atoms with Crippen LogP contribution in [-0.4, -0.2) is 15.0 Å². The quantitative estimate of drug-likeness (QED) is 0.854. The third-order valence-corrected chi connectivity index (χ3v) is 2.87. The predicted octanol–water partition coefficient (Wildman–Crippen LogP) is 3.71. The number of rotatable bonds is 3. The monoisotopic (exact) mass is 259 g/mol. The molecule has 0 aromatic carbocycles. The van der Waals surface area contributed by atoms with Crippen molar-refractivity contribution in [1.82, 2.24) is 15.0 Å². The van der Waals surface area contributed by atoms with Crippen molar-refractivity contribution in [3.63, 3.8) is 0 Å². The number of hydrogen-bond donors (Lipinski definition) is 1. The first-order valence-electron chi connectivity index (χ1n) is 6.08. The smallest absolute Gasteiger partial charge is 0.158 e. The highest BCUT2D eigenvalue weighted by molar-refractivity contribution is 7.71. The highest BCUT2D eigenvalue weighted by Crippen LogP contribution is 2.17. The Bertz CT molecular complexity index is 602. The van der Waals surface area contributed by atoms with Gasteiger partial charge in [0.25, 0.3) is 0 Å². The lowest BCUT2D eigenvalue weighted by atomic mass is 10.1. The highest BCUT2D eigenvalue weighted by Gasteiger charge is 2.07. The van der Waals surface area contributed by atoms with Gasteiger partial charge in [-0.1, -0.05) is 32.1 Å². The van der Waals surface area contributed by atoms with E-state index < -0.39 is 0 Å². The average molecular weight is 259 g/mol. The van der Waals surface area contributed by atoms with Gasteiger partial charge in [0.2, 0.25) is 0 Å². The van der Waals surface area contributed by atoms with Crippen LogP contribution in [0.4, 0.5) is 0 Å². The zero-order chi connectivity index (χ0) is 13.1. The van der Waals surface area contributed by atoms with Crippen LogP contribution in [0.5, 0.6) is 0 Å². The van der Waals surface area contributed by atoms with E-state index >= 15 is 0 Å². The molecule has 0 bridgehead atoms. The lowest BCUT2D eigenvalue weighted by Gasteiger charge is -2.09. The summed E-state index contributed by atoms with van der Waals surface area (Å²) in [6, 6.07) is 5.87. The minimum Gasteiger partial charge on any atom is -0.342 e. The van der Waals surface area contributed by atoms with Gasteiger partial charge in [0.15, 0.2) is 5.82 Å². The molecule has 2 aromatic heterocycles. The molecule has 94 valence electrons. The van der Waals surface area contributed by atoms with E-state index in [0.717, 1.165) is 29.2 Å². The fourth-order valence-electron chi connectivity index (χ4n) is 1.90. The van der Waals surface area contributed by atoms with Crippen LogP contribution in [0.2, 0.25) is 0 Å². The molecule has 0 aliphatic carbocycles. The van der Waals surface area contributed by atoms with Gasteiger partial charge in [-0.25, -0.2) is 4.98 Å². The van der Waals surface area contributed by atoms with E-state index in [9.17, 15) is 0 Å². The zero-order valence-electron chi connectivity index (χ0n) is 10.9. The number of nitrogens with zero attached hydrogens (tertiary/aromatic N) is 2. The molecule has 0 atom stereocenters. The maximum Gasteiger partial charge on any atom is 0.158 e. The van der Waals surface area contributed by atoms with Gasteiger partial charge in [0.1, 0.15) is 10.3 Å². The molecule has 2 heterocycles. The van der Waals surface area contributed by atoms with Crippen LogP contribution in [0.15, 0.2) is 24.4 Å². The number of aromatic amines is 1. The second-order valence-corrected chi connectivity index (χ2v) is 5.28. The zero-order valence-corrected chi connectivity index (χ0v) is 11.7. The normalized spacial score (nSPS) is 10.9.